The lowest BCUT2D eigenvalue weighted by molar-refractivity contribution is 0.813. The minimum atomic E-state index is 0.461. The van der Waals surface area contributed by atoms with Crippen molar-refractivity contribution < 1.29 is 0 Å². The highest BCUT2D eigenvalue weighted by molar-refractivity contribution is 6.34. The molecule has 0 amide bonds. The van der Waals surface area contributed by atoms with Crippen LogP contribution in [0.1, 0.15) is 5.69 Å². The van der Waals surface area contributed by atoms with Crippen LogP contribution in [-0.2, 0) is 0 Å². The Labute approximate surface area is 101 Å². The fourth-order valence-electron chi connectivity index (χ4n) is 1.57. The van der Waals surface area contributed by atoms with Crippen LogP contribution >= 0.6 is 11.6 Å². The Hall–Kier alpha value is -2.08. The summed E-state index contributed by atoms with van der Waals surface area (Å²) in [5.74, 6) is 0.625. The number of aromatic nitrogens is 6. The molecule has 0 unspecified atom stereocenters. The van der Waals surface area contributed by atoms with E-state index in [2.05, 4.69) is 25.5 Å². The summed E-state index contributed by atoms with van der Waals surface area (Å²) in [6.07, 6.45) is 3.40. The first-order valence-electron chi connectivity index (χ1n) is 4.92. The van der Waals surface area contributed by atoms with Gasteiger partial charge in [-0.05, 0) is 29.5 Å². The zero-order valence-electron chi connectivity index (χ0n) is 8.87. The van der Waals surface area contributed by atoms with Gasteiger partial charge in [0.15, 0.2) is 5.82 Å². The number of rotatable bonds is 1. The predicted molar refractivity (Wildman–Crippen MR) is 61.6 cm³/mol. The second-order valence-electron chi connectivity index (χ2n) is 3.49. The van der Waals surface area contributed by atoms with Gasteiger partial charge in [-0.25, -0.2) is 4.98 Å². The Morgan fingerprint density at radius 3 is 3.00 bits per heavy atom. The molecule has 3 heterocycles. The quantitative estimate of drug-likeness (QED) is 0.652. The van der Waals surface area contributed by atoms with Gasteiger partial charge in [0.1, 0.15) is 5.02 Å². The molecule has 7 heteroatoms. The zero-order valence-corrected chi connectivity index (χ0v) is 9.63. The molecule has 0 saturated heterocycles. The molecule has 17 heavy (non-hydrogen) atoms. The largest absolute Gasteiger partial charge is 0.264 e. The van der Waals surface area contributed by atoms with Crippen molar-refractivity contribution in [1.29, 1.82) is 0 Å². The molecule has 0 bridgehead atoms. The highest BCUT2D eigenvalue weighted by Gasteiger charge is 2.14. The molecule has 0 atom stereocenters. The molecule has 0 saturated carbocycles. The van der Waals surface area contributed by atoms with E-state index in [-0.39, 0.29) is 0 Å². The maximum absolute atomic E-state index is 6.09. The van der Waals surface area contributed by atoms with Crippen LogP contribution in [0.2, 0.25) is 5.02 Å². The Morgan fingerprint density at radius 1 is 1.35 bits per heavy atom. The number of halogens is 1. The average molecular weight is 247 g/mol. The molecular formula is C10H7ClN6. The third-order valence-electron chi connectivity index (χ3n) is 2.38. The van der Waals surface area contributed by atoms with Crippen LogP contribution < -0.4 is 0 Å². The Bertz CT molecular complexity index is 678. The van der Waals surface area contributed by atoms with Crippen LogP contribution in [-0.4, -0.2) is 30.0 Å². The third-order valence-corrected chi connectivity index (χ3v) is 2.82. The highest BCUT2D eigenvalue weighted by atomic mass is 35.5. The topological polar surface area (TPSA) is 68.9 Å². The standard InChI is InChI=1S/C10H7ClN6/c1-6-8(11)10-14-15-16-17(10)9(13-6)7-3-2-4-12-5-7/h2-5H,1H3. The maximum Gasteiger partial charge on any atom is 0.202 e. The molecule has 3 aromatic heterocycles. The summed E-state index contributed by atoms with van der Waals surface area (Å²) < 4.78 is 1.51. The molecule has 0 N–H and O–H groups in total. The third kappa shape index (κ3) is 1.53. The summed E-state index contributed by atoms with van der Waals surface area (Å²) in [4.78, 5) is 8.44. The molecule has 0 aliphatic heterocycles. The van der Waals surface area contributed by atoms with Crippen LogP contribution in [0.15, 0.2) is 24.5 Å². The smallest absolute Gasteiger partial charge is 0.202 e. The first-order valence-corrected chi connectivity index (χ1v) is 5.30. The zero-order chi connectivity index (χ0) is 11.8. The van der Waals surface area contributed by atoms with E-state index in [4.69, 9.17) is 11.6 Å². The minimum Gasteiger partial charge on any atom is -0.264 e. The molecule has 0 aliphatic carbocycles. The van der Waals surface area contributed by atoms with E-state index >= 15 is 0 Å². The summed E-state index contributed by atoms with van der Waals surface area (Å²) >= 11 is 6.09. The number of hydrogen-bond acceptors (Lipinski definition) is 5. The van der Waals surface area contributed by atoms with Crippen molar-refractivity contribution in [2.45, 2.75) is 6.92 Å². The summed E-state index contributed by atoms with van der Waals surface area (Å²) in [6, 6.07) is 3.72. The van der Waals surface area contributed by atoms with Gasteiger partial charge in [0, 0.05) is 18.0 Å². The Morgan fingerprint density at radius 2 is 2.24 bits per heavy atom. The van der Waals surface area contributed by atoms with Gasteiger partial charge in [-0.15, -0.1) is 5.10 Å². The van der Waals surface area contributed by atoms with Crippen molar-refractivity contribution in [3.05, 3.63) is 35.2 Å². The van der Waals surface area contributed by atoms with E-state index < -0.39 is 0 Å². The normalized spacial score (nSPS) is 10.9. The molecule has 84 valence electrons. The maximum atomic E-state index is 6.09. The highest BCUT2D eigenvalue weighted by Crippen LogP contribution is 2.23. The van der Waals surface area contributed by atoms with Gasteiger partial charge in [0.05, 0.1) is 5.69 Å². The van der Waals surface area contributed by atoms with Crippen molar-refractivity contribution in [3.63, 3.8) is 0 Å². The van der Waals surface area contributed by atoms with Gasteiger partial charge in [-0.2, -0.15) is 4.52 Å². The first kappa shape index (κ1) is 10.1. The van der Waals surface area contributed by atoms with Crippen LogP contribution in [0.3, 0.4) is 0 Å². The fourth-order valence-corrected chi connectivity index (χ4v) is 1.73. The lowest BCUT2D eigenvalue weighted by Crippen LogP contribution is -2.01. The predicted octanol–water partition coefficient (Wildman–Crippen LogP) is 1.54. The second-order valence-corrected chi connectivity index (χ2v) is 3.87. The lowest BCUT2D eigenvalue weighted by Gasteiger charge is -2.05. The van der Waals surface area contributed by atoms with Gasteiger partial charge < -0.3 is 0 Å². The number of aryl methyl sites for hydroxylation is 1. The van der Waals surface area contributed by atoms with E-state index in [1.807, 2.05) is 19.1 Å². The molecule has 0 radical (unpaired) electrons. The van der Waals surface area contributed by atoms with E-state index in [1.165, 1.54) is 4.52 Å². The lowest BCUT2D eigenvalue weighted by atomic mass is 10.2. The summed E-state index contributed by atoms with van der Waals surface area (Å²) in [6.45, 7) is 1.82. The summed E-state index contributed by atoms with van der Waals surface area (Å²) in [5.41, 5.74) is 2.02. The van der Waals surface area contributed by atoms with E-state index in [9.17, 15) is 0 Å². The van der Waals surface area contributed by atoms with Crippen molar-refractivity contribution in [2.75, 3.05) is 0 Å². The van der Waals surface area contributed by atoms with Gasteiger partial charge >= 0.3 is 0 Å². The van der Waals surface area contributed by atoms with Crippen LogP contribution in [0.25, 0.3) is 17.0 Å². The minimum absolute atomic E-state index is 0.461. The first-order chi connectivity index (χ1) is 8.27. The van der Waals surface area contributed by atoms with Crippen molar-refractivity contribution >= 4 is 17.2 Å². The van der Waals surface area contributed by atoms with Crippen LogP contribution in [0.5, 0.6) is 0 Å². The van der Waals surface area contributed by atoms with Crippen molar-refractivity contribution in [3.8, 4) is 11.4 Å². The van der Waals surface area contributed by atoms with Gasteiger partial charge in [0.2, 0.25) is 5.65 Å². The molecule has 3 aromatic rings. The summed E-state index contributed by atoms with van der Waals surface area (Å²) in [7, 11) is 0. The fraction of sp³-hybridized carbons (Fsp3) is 0.100. The molecular weight excluding hydrogens is 240 g/mol. The van der Waals surface area contributed by atoms with E-state index in [0.717, 1.165) is 5.56 Å². The monoisotopic (exact) mass is 246 g/mol. The van der Waals surface area contributed by atoms with E-state index in [0.29, 0.717) is 22.2 Å². The van der Waals surface area contributed by atoms with Crippen molar-refractivity contribution in [1.82, 2.24) is 30.0 Å². The average Bonchev–Trinajstić information content (AvgIpc) is 2.84. The van der Waals surface area contributed by atoms with Crippen LogP contribution in [0.4, 0.5) is 0 Å². The second kappa shape index (κ2) is 3.74. The molecule has 0 fully saturated rings. The Kier molecular flexibility index (Phi) is 2.22. The van der Waals surface area contributed by atoms with Gasteiger partial charge in [-0.3, -0.25) is 4.98 Å². The molecule has 3 rings (SSSR count). The van der Waals surface area contributed by atoms with Gasteiger partial charge in [0.25, 0.3) is 0 Å². The molecule has 0 aliphatic rings. The molecule has 0 spiro atoms. The van der Waals surface area contributed by atoms with Gasteiger partial charge in [-0.1, -0.05) is 11.6 Å². The number of fused-ring (bicyclic) bond motifs is 1. The number of nitrogens with zero attached hydrogens (tertiary/aromatic N) is 6. The van der Waals surface area contributed by atoms with Crippen LogP contribution in [0, 0.1) is 6.92 Å². The Balaban J connectivity index is 2.38. The molecule has 6 nitrogen and oxygen atoms in total. The number of pyridine rings is 1. The molecule has 0 aromatic carbocycles. The number of tetrazole rings is 1. The van der Waals surface area contributed by atoms with E-state index in [1.54, 1.807) is 12.4 Å². The SMILES string of the molecule is Cc1nc(-c2cccnc2)n2nnnc2c1Cl. The van der Waals surface area contributed by atoms with Crippen molar-refractivity contribution in [2.24, 2.45) is 0 Å². The summed E-state index contributed by atoms with van der Waals surface area (Å²) in [5, 5.41) is 11.8. The number of hydrogen-bond donors (Lipinski definition) is 0.